The van der Waals surface area contributed by atoms with E-state index >= 15 is 0 Å². The Morgan fingerprint density at radius 2 is 1.62 bits per heavy atom. The number of hydrogen-bond acceptors (Lipinski definition) is 3. The first-order valence-electron chi connectivity index (χ1n) is 10.9. The Morgan fingerprint density at radius 3 is 2.28 bits per heavy atom. The molecule has 2 N–H and O–H groups in total. The highest BCUT2D eigenvalue weighted by atomic mass is 16.5. The molecule has 0 saturated heterocycles. The van der Waals surface area contributed by atoms with Crippen LogP contribution in [0.3, 0.4) is 0 Å². The Labute approximate surface area is 177 Å². The average molecular weight is 405 g/mol. The number of amides is 1. The number of rotatable bonds is 14. The molecule has 6 heteroatoms. The van der Waals surface area contributed by atoms with Gasteiger partial charge in [0.2, 0.25) is 0 Å². The van der Waals surface area contributed by atoms with Gasteiger partial charge in [-0.05, 0) is 30.5 Å². The number of guanidine groups is 1. The summed E-state index contributed by atoms with van der Waals surface area (Å²) >= 11 is 0. The van der Waals surface area contributed by atoms with Crippen molar-refractivity contribution in [3.63, 3.8) is 0 Å². The van der Waals surface area contributed by atoms with Crippen molar-refractivity contribution in [2.45, 2.75) is 58.4 Å². The smallest absolute Gasteiger partial charge is 0.253 e. The number of ether oxygens (including phenoxy) is 1. The van der Waals surface area contributed by atoms with Gasteiger partial charge in [0, 0.05) is 53.0 Å². The summed E-state index contributed by atoms with van der Waals surface area (Å²) in [5, 5.41) is 6.60. The highest BCUT2D eigenvalue weighted by molar-refractivity contribution is 5.93. The van der Waals surface area contributed by atoms with Crippen LogP contribution in [-0.4, -0.2) is 57.7 Å². The maximum Gasteiger partial charge on any atom is 0.253 e. The fourth-order valence-corrected chi connectivity index (χ4v) is 2.90. The summed E-state index contributed by atoms with van der Waals surface area (Å²) in [5.74, 6) is 0.787. The van der Waals surface area contributed by atoms with Crippen LogP contribution in [0.2, 0.25) is 0 Å². The van der Waals surface area contributed by atoms with Crippen molar-refractivity contribution >= 4 is 11.9 Å². The van der Waals surface area contributed by atoms with Gasteiger partial charge >= 0.3 is 0 Å². The normalized spacial score (nSPS) is 11.4. The zero-order valence-electron chi connectivity index (χ0n) is 18.8. The number of aliphatic imine (C=N–C) groups is 1. The van der Waals surface area contributed by atoms with E-state index in [0.717, 1.165) is 37.7 Å². The molecule has 1 amide bonds. The van der Waals surface area contributed by atoms with Gasteiger partial charge in [-0.25, -0.2) is 0 Å². The largest absolute Gasteiger partial charge is 0.381 e. The SMILES string of the molecule is CCCCCCCCOCCCNC(=NC)NCc1ccc(C(=O)N(C)C)cc1. The predicted octanol–water partition coefficient (Wildman–Crippen LogP) is 3.82. The number of carbonyl (C=O) groups excluding carboxylic acids is 1. The Bertz CT molecular complexity index is 585. The Balaban J connectivity index is 2.12. The van der Waals surface area contributed by atoms with E-state index in [9.17, 15) is 4.79 Å². The Hall–Kier alpha value is -2.08. The predicted molar refractivity (Wildman–Crippen MR) is 121 cm³/mol. The van der Waals surface area contributed by atoms with Crippen LogP contribution in [0, 0.1) is 0 Å². The highest BCUT2D eigenvalue weighted by Crippen LogP contribution is 2.06. The molecule has 0 bridgehead atoms. The van der Waals surface area contributed by atoms with E-state index in [1.165, 1.54) is 38.5 Å². The molecule has 0 saturated carbocycles. The number of hydrogen-bond donors (Lipinski definition) is 2. The van der Waals surface area contributed by atoms with E-state index < -0.39 is 0 Å². The number of benzene rings is 1. The summed E-state index contributed by atoms with van der Waals surface area (Å²) in [5.41, 5.74) is 1.80. The molecule has 29 heavy (non-hydrogen) atoms. The van der Waals surface area contributed by atoms with Crippen molar-refractivity contribution in [2.24, 2.45) is 4.99 Å². The molecule has 0 atom stereocenters. The topological polar surface area (TPSA) is 66.0 Å². The molecule has 0 heterocycles. The molecular weight excluding hydrogens is 364 g/mol. The van der Waals surface area contributed by atoms with E-state index in [-0.39, 0.29) is 5.91 Å². The van der Waals surface area contributed by atoms with Crippen molar-refractivity contribution in [3.05, 3.63) is 35.4 Å². The molecule has 0 radical (unpaired) electrons. The maximum atomic E-state index is 11.9. The molecule has 0 aliphatic heterocycles. The minimum Gasteiger partial charge on any atom is -0.381 e. The van der Waals surface area contributed by atoms with Gasteiger partial charge in [0.15, 0.2) is 5.96 Å². The second-order valence-corrected chi connectivity index (χ2v) is 7.48. The van der Waals surface area contributed by atoms with Crippen LogP contribution in [0.4, 0.5) is 0 Å². The van der Waals surface area contributed by atoms with Crippen molar-refractivity contribution in [1.82, 2.24) is 15.5 Å². The summed E-state index contributed by atoms with van der Waals surface area (Å²) in [6.07, 6.45) is 8.73. The lowest BCUT2D eigenvalue weighted by Crippen LogP contribution is -2.37. The molecule has 164 valence electrons. The van der Waals surface area contributed by atoms with Crippen LogP contribution in [0.15, 0.2) is 29.3 Å². The van der Waals surface area contributed by atoms with Gasteiger partial charge < -0.3 is 20.3 Å². The highest BCUT2D eigenvalue weighted by Gasteiger charge is 2.07. The second kappa shape index (κ2) is 15.8. The third-order valence-corrected chi connectivity index (χ3v) is 4.69. The number of carbonyl (C=O) groups is 1. The number of nitrogens with zero attached hydrogens (tertiary/aromatic N) is 2. The summed E-state index contributed by atoms with van der Waals surface area (Å²) < 4.78 is 5.70. The molecule has 1 aromatic rings. The van der Waals surface area contributed by atoms with E-state index in [1.54, 1.807) is 26.0 Å². The molecule has 0 fully saturated rings. The quantitative estimate of drug-likeness (QED) is 0.281. The molecule has 1 rings (SSSR count). The summed E-state index contributed by atoms with van der Waals surface area (Å²) in [6, 6.07) is 7.65. The van der Waals surface area contributed by atoms with E-state index in [2.05, 4.69) is 22.5 Å². The first kappa shape index (κ1) is 25.0. The minimum atomic E-state index is 0.0145. The molecular formula is C23H40N4O2. The molecule has 0 aliphatic carbocycles. The van der Waals surface area contributed by atoms with Crippen molar-refractivity contribution in [3.8, 4) is 0 Å². The van der Waals surface area contributed by atoms with Crippen LogP contribution in [0.5, 0.6) is 0 Å². The van der Waals surface area contributed by atoms with Gasteiger partial charge in [-0.2, -0.15) is 0 Å². The first-order chi connectivity index (χ1) is 14.1. The van der Waals surface area contributed by atoms with Gasteiger partial charge in [-0.3, -0.25) is 9.79 Å². The number of unbranched alkanes of at least 4 members (excludes halogenated alkanes) is 5. The molecule has 6 nitrogen and oxygen atoms in total. The minimum absolute atomic E-state index is 0.0145. The average Bonchev–Trinajstić information content (AvgIpc) is 2.74. The second-order valence-electron chi connectivity index (χ2n) is 7.48. The Kier molecular flexibility index (Phi) is 13.6. The molecule has 0 aliphatic rings. The molecule has 0 spiro atoms. The van der Waals surface area contributed by atoms with Crippen LogP contribution in [0.1, 0.15) is 67.8 Å². The van der Waals surface area contributed by atoms with Crippen molar-refractivity contribution in [1.29, 1.82) is 0 Å². The Morgan fingerprint density at radius 1 is 0.966 bits per heavy atom. The van der Waals surface area contributed by atoms with Gasteiger partial charge in [-0.1, -0.05) is 51.2 Å². The van der Waals surface area contributed by atoms with E-state index in [4.69, 9.17) is 4.74 Å². The van der Waals surface area contributed by atoms with Crippen LogP contribution >= 0.6 is 0 Å². The monoisotopic (exact) mass is 404 g/mol. The lowest BCUT2D eigenvalue weighted by molar-refractivity contribution is 0.0827. The van der Waals surface area contributed by atoms with Gasteiger partial charge in [0.1, 0.15) is 0 Å². The van der Waals surface area contributed by atoms with E-state index in [0.29, 0.717) is 12.1 Å². The van der Waals surface area contributed by atoms with Crippen molar-refractivity contribution in [2.75, 3.05) is 40.9 Å². The van der Waals surface area contributed by atoms with E-state index in [1.807, 2.05) is 24.3 Å². The zero-order chi connectivity index (χ0) is 21.3. The third kappa shape index (κ3) is 11.5. The molecule has 0 aromatic heterocycles. The standard InChI is InChI=1S/C23H40N4O2/c1-5-6-7-8-9-10-17-29-18-11-16-25-23(24-2)26-19-20-12-14-21(15-13-20)22(28)27(3)4/h12-15H,5-11,16-19H2,1-4H3,(H2,24,25,26). The van der Waals surface area contributed by atoms with Crippen molar-refractivity contribution < 1.29 is 9.53 Å². The summed E-state index contributed by atoms with van der Waals surface area (Å²) in [7, 11) is 5.28. The summed E-state index contributed by atoms with van der Waals surface area (Å²) in [6.45, 7) is 5.37. The lowest BCUT2D eigenvalue weighted by atomic mass is 10.1. The summed E-state index contributed by atoms with van der Waals surface area (Å²) in [4.78, 5) is 17.7. The van der Waals surface area contributed by atoms with Crippen LogP contribution in [-0.2, 0) is 11.3 Å². The van der Waals surface area contributed by atoms with Gasteiger partial charge in [-0.15, -0.1) is 0 Å². The molecule has 0 unspecified atom stereocenters. The number of nitrogens with one attached hydrogen (secondary N) is 2. The zero-order valence-corrected chi connectivity index (χ0v) is 18.8. The van der Waals surface area contributed by atoms with Gasteiger partial charge in [0.05, 0.1) is 0 Å². The fourth-order valence-electron chi connectivity index (χ4n) is 2.90. The first-order valence-corrected chi connectivity index (χ1v) is 10.9. The fraction of sp³-hybridized carbons (Fsp3) is 0.652. The molecule has 1 aromatic carbocycles. The lowest BCUT2D eigenvalue weighted by Gasteiger charge is -2.13. The maximum absolute atomic E-state index is 11.9. The van der Waals surface area contributed by atoms with Crippen LogP contribution in [0.25, 0.3) is 0 Å². The third-order valence-electron chi connectivity index (χ3n) is 4.69. The van der Waals surface area contributed by atoms with Gasteiger partial charge in [0.25, 0.3) is 5.91 Å². The van der Waals surface area contributed by atoms with Crippen LogP contribution < -0.4 is 10.6 Å².